The van der Waals surface area contributed by atoms with Crippen LogP contribution in [0.4, 0.5) is 5.69 Å². The lowest BCUT2D eigenvalue weighted by Gasteiger charge is -2.10. The number of anilines is 1. The molecule has 0 spiro atoms. The third-order valence-electron chi connectivity index (χ3n) is 2.84. The summed E-state index contributed by atoms with van der Waals surface area (Å²) in [6.07, 6.45) is 0. The maximum atomic E-state index is 12.1. The molecule has 0 unspecified atom stereocenters. The van der Waals surface area contributed by atoms with Gasteiger partial charge in [-0.2, -0.15) is 0 Å². The van der Waals surface area contributed by atoms with E-state index in [-0.39, 0.29) is 5.91 Å². The van der Waals surface area contributed by atoms with Crippen LogP contribution in [0.3, 0.4) is 0 Å². The molecule has 0 saturated heterocycles. The summed E-state index contributed by atoms with van der Waals surface area (Å²) >= 11 is 1.55. The van der Waals surface area contributed by atoms with Crippen LogP contribution in [0, 0.1) is 6.92 Å². The molecule has 2 aromatic rings. The molecule has 0 bridgehead atoms. The number of hydrogen-bond donors (Lipinski definition) is 2. The molecule has 0 heterocycles. The Morgan fingerprint density at radius 2 is 1.90 bits per heavy atom. The molecule has 3 N–H and O–H groups in total. The number of carbonyl (C=O) groups excluding carboxylic acids is 1. The summed E-state index contributed by atoms with van der Waals surface area (Å²) in [5.74, 6) is -0.0675. The summed E-state index contributed by atoms with van der Waals surface area (Å²) in [5.41, 5.74) is 8.37. The highest BCUT2D eigenvalue weighted by Gasteiger charge is 2.12. The molecule has 3 nitrogen and oxygen atoms in total. The summed E-state index contributed by atoms with van der Waals surface area (Å²) in [4.78, 5) is 14.0. The zero-order valence-corrected chi connectivity index (χ0v) is 12.5. The minimum atomic E-state index is -0.0675. The SMILES string of the molecule is CCNC(=O)c1ccc(N)cc1Sc1ccc(C)cc1. The van der Waals surface area contributed by atoms with Crippen LogP contribution in [0.2, 0.25) is 0 Å². The van der Waals surface area contributed by atoms with Crippen LogP contribution < -0.4 is 11.1 Å². The van der Waals surface area contributed by atoms with Gasteiger partial charge in [0.05, 0.1) is 5.56 Å². The van der Waals surface area contributed by atoms with Gasteiger partial charge >= 0.3 is 0 Å². The minimum Gasteiger partial charge on any atom is -0.399 e. The molecule has 20 heavy (non-hydrogen) atoms. The first kappa shape index (κ1) is 14.5. The predicted octanol–water partition coefficient (Wildman–Crippen LogP) is 3.48. The van der Waals surface area contributed by atoms with Crippen molar-refractivity contribution in [2.24, 2.45) is 0 Å². The molecular formula is C16H18N2OS. The summed E-state index contributed by atoms with van der Waals surface area (Å²) in [7, 11) is 0. The quantitative estimate of drug-likeness (QED) is 0.846. The Morgan fingerprint density at radius 3 is 2.55 bits per heavy atom. The Hall–Kier alpha value is -1.94. The molecule has 0 aliphatic carbocycles. The second-order valence-electron chi connectivity index (χ2n) is 4.53. The lowest BCUT2D eigenvalue weighted by molar-refractivity contribution is 0.0953. The van der Waals surface area contributed by atoms with E-state index in [2.05, 4.69) is 24.4 Å². The molecule has 2 aromatic carbocycles. The Balaban J connectivity index is 2.31. The van der Waals surface area contributed by atoms with E-state index in [1.165, 1.54) is 5.56 Å². The largest absolute Gasteiger partial charge is 0.399 e. The standard InChI is InChI=1S/C16H18N2OS/c1-3-18-16(19)14-9-6-12(17)10-15(14)20-13-7-4-11(2)5-8-13/h4-10H,3,17H2,1-2H3,(H,18,19). The maximum absolute atomic E-state index is 12.1. The molecule has 0 aliphatic rings. The Kier molecular flexibility index (Phi) is 4.69. The number of aryl methyl sites for hydroxylation is 1. The van der Waals surface area contributed by atoms with E-state index in [1.54, 1.807) is 23.9 Å². The number of rotatable bonds is 4. The van der Waals surface area contributed by atoms with Crippen molar-refractivity contribution in [1.29, 1.82) is 0 Å². The number of nitrogen functional groups attached to an aromatic ring is 1. The van der Waals surface area contributed by atoms with Crippen LogP contribution >= 0.6 is 11.8 Å². The lowest BCUT2D eigenvalue weighted by Crippen LogP contribution is -2.23. The van der Waals surface area contributed by atoms with Gasteiger partial charge in [0.15, 0.2) is 0 Å². The van der Waals surface area contributed by atoms with E-state index in [9.17, 15) is 4.79 Å². The molecule has 0 fully saturated rings. The number of nitrogens with two attached hydrogens (primary N) is 1. The van der Waals surface area contributed by atoms with Gasteiger partial charge in [0, 0.05) is 22.0 Å². The highest BCUT2D eigenvalue weighted by molar-refractivity contribution is 7.99. The number of hydrogen-bond acceptors (Lipinski definition) is 3. The van der Waals surface area contributed by atoms with Gasteiger partial charge in [0.2, 0.25) is 0 Å². The first-order valence-corrected chi connectivity index (χ1v) is 7.34. The minimum absolute atomic E-state index is 0.0675. The summed E-state index contributed by atoms with van der Waals surface area (Å²) < 4.78 is 0. The van der Waals surface area contributed by atoms with Crippen LogP contribution in [0.25, 0.3) is 0 Å². The summed E-state index contributed by atoms with van der Waals surface area (Å²) in [6.45, 7) is 4.56. The van der Waals surface area contributed by atoms with Crippen LogP contribution in [0.15, 0.2) is 52.3 Å². The van der Waals surface area contributed by atoms with E-state index in [0.29, 0.717) is 17.8 Å². The first-order valence-electron chi connectivity index (χ1n) is 6.52. The van der Waals surface area contributed by atoms with Gasteiger partial charge in [-0.05, 0) is 44.2 Å². The third-order valence-corrected chi connectivity index (χ3v) is 3.90. The van der Waals surface area contributed by atoms with Crippen molar-refractivity contribution in [3.8, 4) is 0 Å². The Morgan fingerprint density at radius 1 is 1.20 bits per heavy atom. The molecule has 0 aliphatic heterocycles. The van der Waals surface area contributed by atoms with Gasteiger partial charge in [0.1, 0.15) is 0 Å². The Bertz CT molecular complexity index is 608. The van der Waals surface area contributed by atoms with E-state index in [1.807, 2.05) is 25.1 Å². The summed E-state index contributed by atoms with van der Waals surface area (Å²) in [6, 6.07) is 13.6. The molecule has 1 amide bonds. The lowest BCUT2D eigenvalue weighted by atomic mass is 10.2. The molecule has 4 heteroatoms. The molecular weight excluding hydrogens is 268 g/mol. The fourth-order valence-electron chi connectivity index (χ4n) is 1.80. The van der Waals surface area contributed by atoms with Gasteiger partial charge in [-0.1, -0.05) is 29.5 Å². The maximum Gasteiger partial charge on any atom is 0.252 e. The number of carbonyl (C=O) groups is 1. The first-order chi connectivity index (χ1) is 9.60. The molecule has 104 valence electrons. The van der Waals surface area contributed by atoms with Crippen molar-refractivity contribution in [2.45, 2.75) is 23.6 Å². The van der Waals surface area contributed by atoms with Crippen molar-refractivity contribution in [3.05, 3.63) is 53.6 Å². The molecule has 0 radical (unpaired) electrons. The van der Waals surface area contributed by atoms with Gasteiger partial charge in [-0.25, -0.2) is 0 Å². The van der Waals surface area contributed by atoms with Crippen LogP contribution in [-0.4, -0.2) is 12.5 Å². The fourth-order valence-corrected chi connectivity index (χ4v) is 2.79. The Labute approximate surface area is 123 Å². The van der Waals surface area contributed by atoms with E-state index in [0.717, 1.165) is 9.79 Å². The average molecular weight is 286 g/mol. The van der Waals surface area contributed by atoms with E-state index in [4.69, 9.17) is 5.73 Å². The van der Waals surface area contributed by atoms with Crippen molar-refractivity contribution >= 4 is 23.4 Å². The monoisotopic (exact) mass is 286 g/mol. The van der Waals surface area contributed by atoms with Crippen LogP contribution in [0.1, 0.15) is 22.8 Å². The number of nitrogens with one attached hydrogen (secondary N) is 1. The molecule has 0 atom stereocenters. The predicted molar refractivity (Wildman–Crippen MR) is 84.2 cm³/mol. The highest BCUT2D eigenvalue weighted by atomic mass is 32.2. The van der Waals surface area contributed by atoms with Gasteiger partial charge in [-0.15, -0.1) is 0 Å². The highest BCUT2D eigenvalue weighted by Crippen LogP contribution is 2.32. The van der Waals surface area contributed by atoms with Crippen molar-refractivity contribution in [3.63, 3.8) is 0 Å². The second kappa shape index (κ2) is 6.48. The third kappa shape index (κ3) is 3.54. The van der Waals surface area contributed by atoms with Gasteiger partial charge < -0.3 is 11.1 Å². The van der Waals surface area contributed by atoms with Crippen LogP contribution in [-0.2, 0) is 0 Å². The van der Waals surface area contributed by atoms with Gasteiger partial charge in [-0.3, -0.25) is 4.79 Å². The van der Waals surface area contributed by atoms with Gasteiger partial charge in [0.25, 0.3) is 5.91 Å². The smallest absolute Gasteiger partial charge is 0.252 e. The molecule has 0 aromatic heterocycles. The zero-order valence-electron chi connectivity index (χ0n) is 11.6. The molecule has 2 rings (SSSR count). The van der Waals surface area contributed by atoms with Crippen molar-refractivity contribution in [1.82, 2.24) is 5.32 Å². The normalized spacial score (nSPS) is 10.3. The molecule has 0 saturated carbocycles. The topological polar surface area (TPSA) is 55.1 Å². The second-order valence-corrected chi connectivity index (χ2v) is 5.65. The average Bonchev–Trinajstić information content (AvgIpc) is 2.42. The van der Waals surface area contributed by atoms with E-state index >= 15 is 0 Å². The summed E-state index contributed by atoms with van der Waals surface area (Å²) in [5, 5.41) is 2.82. The number of amides is 1. The number of benzene rings is 2. The fraction of sp³-hybridized carbons (Fsp3) is 0.188. The van der Waals surface area contributed by atoms with E-state index < -0.39 is 0 Å². The van der Waals surface area contributed by atoms with Crippen molar-refractivity contribution < 1.29 is 4.79 Å². The van der Waals surface area contributed by atoms with Crippen LogP contribution in [0.5, 0.6) is 0 Å². The van der Waals surface area contributed by atoms with Crippen molar-refractivity contribution in [2.75, 3.05) is 12.3 Å². The zero-order chi connectivity index (χ0) is 14.5.